The molecule has 15 heavy (non-hydrogen) atoms. The standard InChI is InChI=1S/C13H25NS/c1-2-5-12-6-3-8-13(9-7-12)14-10-4-11-15-13/h12,14H,2-11H2,1H3. The summed E-state index contributed by atoms with van der Waals surface area (Å²) in [6, 6.07) is 0. The quantitative estimate of drug-likeness (QED) is 0.770. The van der Waals surface area contributed by atoms with Crippen LogP contribution < -0.4 is 5.32 Å². The van der Waals surface area contributed by atoms with Crippen LogP contribution in [0.5, 0.6) is 0 Å². The normalized spacial score (nSPS) is 37.8. The van der Waals surface area contributed by atoms with Crippen molar-refractivity contribution in [1.82, 2.24) is 5.32 Å². The minimum Gasteiger partial charge on any atom is -0.303 e. The van der Waals surface area contributed by atoms with Gasteiger partial charge in [0.05, 0.1) is 4.87 Å². The molecule has 1 aliphatic heterocycles. The smallest absolute Gasteiger partial charge is 0.0645 e. The predicted molar refractivity (Wildman–Crippen MR) is 69.3 cm³/mol. The summed E-state index contributed by atoms with van der Waals surface area (Å²) in [7, 11) is 0. The Hall–Kier alpha value is 0.310. The van der Waals surface area contributed by atoms with Crippen LogP contribution in [0.3, 0.4) is 0 Å². The SMILES string of the molecule is CCCC1CCCC2(CC1)NCCCS2. The molecule has 2 aliphatic rings. The summed E-state index contributed by atoms with van der Waals surface area (Å²) in [4.78, 5) is 0.487. The van der Waals surface area contributed by atoms with Crippen LogP contribution in [-0.4, -0.2) is 17.2 Å². The van der Waals surface area contributed by atoms with Gasteiger partial charge in [0.2, 0.25) is 0 Å². The van der Waals surface area contributed by atoms with E-state index in [4.69, 9.17) is 0 Å². The highest BCUT2D eigenvalue weighted by molar-refractivity contribution is 8.00. The fourth-order valence-electron chi connectivity index (χ4n) is 3.11. The molecule has 1 N–H and O–H groups in total. The molecule has 0 aromatic rings. The second kappa shape index (κ2) is 5.58. The molecule has 2 fully saturated rings. The van der Waals surface area contributed by atoms with Crippen molar-refractivity contribution >= 4 is 11.8 Å². The van der Waals surface area contributed by atoms with E-state index in [1.807, 2.05) is 0 Å². The topological polar surface area (TPSA) is 12.0 Å². The van der Waals surface area contributed by atoms with Gasteiger partial charge in [-0.05, 0) is 43.9 Å². The van der Waals surface area contributed by atoms with Gasteiger partial charge in [-0.2, -0.15) is 0 Å². The third kappa shape index (κ3) is 3.13. The second-order valence-corrected chi connectivity index (χ2v) is 6.69. The van der Waals surface area contributed by atoms with E-state index in [2.05, 4.69) is 24.0 Å². The number of thioether (sulfide) groups is 1. The molecule has 0 aromatic heterocycles. The summed E-state index contributed by atoms with van der Waals surface area (Å²) >= 11 is 2.21. The van der Waals surface area contributed by atoms with Gasteiger partial charge in [0, 0.05) is 0 Å². The molecule has 88 valence electrons. The van der Waals surface area contributed by atoms with E-state index >= 15 is 0 Å². The van der Waals surface area contributed by atoms with Crippen LogP contribution in [0, 0.1) is 5.92 Å². The fourth-order valence-corrected chi connectivity index (χ4v) is 4.54. The molecule has 2 unspecified atom stereocenters. The Morgan fingerprint density at radius 3 is 2.93 bits per heavy atom. The van der Waals surface area contributed by atoms with Crippen LogP contribution in [0.25, 0.3) is 0 Å². The van der Waals surface area contributed by atoms with Gasteiger partial charge in [0.1, 0.15) is 0 Å². The number of hydrogen-bond acceptors (Lipinski definition) is 2. The molecule has 2 rings (SSSR count). The molecular formula is C13H25NS. The van der Waals surface area contributed by atoms with Gasteiger partial charge in [0.15, 0.2) is 0 Å². The summed E-state index contributed by atoms with van der Waals surface area (Å²) in [6.07, 6.45) is 11.4. The molecule has 1 saturated carbocycles. The van der Waals surface area contributed by atoms with Gasteiger partial charge < -0.3 is 5.32 Å². The zero-order chi connectivity index (χ0) is 10.6. The van der Waals surface area contributed by atoms with Crippen LogP contribution in [0.15, 0.2) is 0 Å². The van der Waals surface area contributed by atoms with Crippen molar-refractivity contribution in [2.75, 3.05) is 12.3 Å². The zero-order valence-corrected chi connectivity index (χ0v) is 10.9. The van der Waals surface area contributed by atoms with E-state index in [0.717, 1.165) is 5.92 Å². The molecule has 0 amide bonds. The summed E-state index contributed by atoms with van der Waals surface area (Å²) in [6.45, 7) is 3.58. The number of hydrogen-bond donors (Lipinski definition) is 1. The average Bonchev–Trinajstić information content (AvgIpc) is 2.44. The van der Waals surface area contributed by atoms with Crippen molar-refractivity contribution in [3.63, 3.8) is 0 Å². The molecule has 2 atom stereocenters. The lowest BCUT2D eigenvalue weighted by atomic mass is 9.95. The maximum atomic E-state index is 3.80. The van der Waals surface area contributed by atoms with Gasteiger partial charge in [0.25, 0.3) is 0 Å². The van der Waals surface area contributed by atoms with Crippen LogP contribution in [0.4, 0.5) is 0 Å². The highest BCUT2D eigenvalue weighted by Crippen LogP contribution is 2.41. The van der Waals surface area contributed by atoms with Crippen molar-refractivity contribution < 1.29 is 0 Å². The van der Waals surface area contributed by atoms with Gasteiger partial charge in [-0.25, -0.2) is 0 Å². The minimum absolute atomic E-state index is 0.487. The first kappa shape index (κ1) is 11.8. The first-order valence-electron chi connectivity index (χ1n) is 6.74. The average molecular weight is 227 g/mol. The van der Waals surface area contributed by atoms with Gasteiger partial charge in [-0.15, -0.1) is 11.8 Å². The Bertz CT molecular complexity index is 187. The summed E-state index contributed by atoms with van der Waals surface area (Å²) in [5.74, 6) is 2.41. The lowest BCUT2D eigenvalue weighted by molar-refractivity contribution is 0.385. The van der Waals surface area contributed by atoms with Crippen LogP contribution >= 0.6 is 11.8 Å². The molecule has 0 bridgehead atoms. The number of nitrogens with one attached hydrogen (secondary N) is 1. The van der Waals surface area contributed by atoms with E-state index in [0.29, 0.717) is 4.87 Å². The third-order valence-electron chi connectivity index (χ3n) is 3.99. The van der Waals surface area contributed by atoms with Gasteiger partial charge in [-0.1, -0.05) is 32.6 Å². The Kier molecular flexibility index (Phi) is 4.39. The number of rotatable bonds is 2. The molecule has 0 radical (unpaired) electrons. The first-order chi connectivity index (χ1) is 7.35. The lowest BCUT2D eigenvalue weighted by Gasteiger charge is -2.37. The molecule has 0 aromatic carbocycles. The predicted octanol–water partition coefficient (Wildman–Crippen LogP) is 3.79. The van der Waals surface area contributed by atoms with E-state index in [-0.39, 0.29) is 0 Å². The van der Waals surface area contributed by atoms with Crippen LogP contribution in [0.1, 0.15) is 58.3 Å². The Morgan fingerprint density at radius 2 is 2.20 bits per heavy atom. The summed E-state index contributed by atoms with van der Waals surface area (Å²) in [5, 5.41) is 3.80. The van der Waals surface area contributed by atoms with Gasteiger partial charge >= 0.3 is 0 Å². The highest BCUT2D eigenvalue weighted by Gasteiger charge is 2.34. The first-order valence-corrected chi connectivity index (χ1v) is 7.72. The Balaban J connectivity index is 1.87. The summed E-state index contributed by atoms with van der Waals surface area (Å²) < 4.78 is 0. The van der Waals surface area contributed by atoms with Crippen molar-refractivity contribution in [3.8, 4) is 0 Å². The van der Waals surface area contributed by atoms with Crippen molar-refractivity contribution in [1.29, 1.82) is 0 Å². The molecule has 1 saturated heterocycles. The van der Waals surface area contributed by atoms with Crippen molar-refractivity contribution in [2.24, 2.45) is 5.92 Å². The van der Waals surface area contributed by atoms with Gasteiger partial charge in [-0.3, -0.25) is 0 Å². The Morgan fingerprint density at radius 1 is 1.27 bits per heavy atom. The molecular weight excluding hydrogens is 202 g/mol. The summed E-state index contributed by atoms with van der Waals surface area (Å²) in [5.41, 5.74) is 0. The fraction of sp³-hybridized carbons (Fsp3) is 1.00. The molecule has 1 nitrogen and oxygen atoms in total. The maximum Gasteiger partial charge on any atom is 0.0645 e. The molecule has 1 aliphatic carbocycles. The molecule has 1 heterocycles. The third-order valence-corrected chi connectivity index (χ3v) is 5.59. The van der Waals surface area contributed by atoms with Crippen LogP contribution in [0.2, 0.25) is 0 Å². The second-order valence-electron chi connectivity index (χ2n) is 5.21. The van der Waals surface area contributed by atoms with E-state index < -0.39 is 0 Å². The highest BCUT2D eigenvalue weighted by atomic mass is 32.2. The van der Waals surface area contributed by atoms with Crippen LogP contribution in [-0.2, 0) is 0 Å². The van der Waals surface area contributed by atoms with Crippen molar-refractivity contribution in [2.45, 2.75) is 63.2 Å². The molecule has 1 spiro atoms. The zero-order valence-electron chi connectivity index (χ0n) is 10.1. The Labute approximate surface area is 98.8 Å². The van der Waals surface area contributed by atoms with E-state index in [1.54, 1.807) is 0 Å². The molecule has 2 heteroatoms. The van der Waals surface area contributed by atoms with Crippen molar-refractivity contribution in [3.05, 3.63) is 0 Å². The van der Waals surface area contributed by atoms with E-state index in [9.17, 15) is 0 Å². The largest absolute Gasteiger partial charge is 0.303 e. The van der Waals surface area contributed by atoms with E-state index in [1.165, 1.54) is 63.7 Å². The lowest BCUT2D eigenvalue weighted by Crippen LogP contribution is -2.45. The monoisotopic (exact) mass is 227 g/mol. The maximum absolute atomic E-state index is 3.80. The minimum atomic E-state index is 0.487.